The fourth-order valence-electron chi connectivity index (χ4n) is 2.99. The van der Waals surface area contributed by atoms with Crippen LogP contribution in [0.25, 0.3) is 0 Å². The van der Waals surface area contributed by atoms with Gasteiger partial charge < -0.3 is 9.30 Å². The van der Waals surface area contributed by atoms with Crippen molar-refractivity contribution in [2.45, 2.75) is 23.8 Å². The van der Waals surface area contributed by atoms with Crippen LogP contribution in [0.2, 0.25) is 0 Å². The average molecular weight is 394 g/mol. The SMILES string of the molecule is COC(=O)C1CCn2c1cc(SC)c2C(=O)c1ccc(Br)cc1. The summed E-state index contributed by atoms with van der Waals surface area (Å²) in [5.74, 6) is -0.535. The molecule has 0 saturated carbocycles. The molecule has 0 bridgehead atoms. The molecule has 1 aromatic carbocycles. The lowest BCUT2D eigenvalue weighted by Gasteiger charge is -2.08. The lowest BCUT2D eigenvalue weighted by molar-refractivity contribution is -0.142. The van der Waals surface area contributed by atoms with Crippen molar-refractivity contribution in [3.8, 4) is 0 Å². The zero-order valence-electron chi connectivity index (χ0n) is 12.8. The Hall–Kier alpha value is -1.53. The topological polar surface area (TPSA) is 48.3 Å². The van der Waals surface area contributed by atoms with Crippen LogP contribution in [-0.4, -0.2) is 29.7 Å². The van der Waals surface area contributed by atoms with Gasteiger partial charge in [-0.15, -0.1) is 11.8 Å². The van der Waals surface area contributed by atoms with Crippen LogP contribution in [0.1, 0.15) is 34.1 Å². The molecule has 1 aliphatic heterocycles. The third kappa shape index (κ3) is 2.85. The summed E-state index contributed by atoms with van der Waals surface area (Å²) in [5.41, 5.74) is 2.19. The molecular weight excluding hydrogens is 378 g/mol. The Balaban J connectivity index is 2.05. The second-order valence-electron chi connectivity index (χ2n) is 5.34. The van der Waals surface area contributed by atoms with Crippen LogP contribution in [0, 0.1) is 0 Å². The summed E-state index contributed by atoms with van der Waals surface area (Å²) < 4.78 is 7.79. The van der Waals surface area contributed by atoms with E-state index in [1.54, 1.807) is 0 Å². The van der Waals surface area contributed by atoms with E-state index in [1.165, 1.54) is 18.9 Å². The van der Waals surface area contributed by atoms with Crippen molar-refractivity contribution in [3.63, 3.8) is 0 Å². The molecule has 23 heavy (non-hydrogen) atoms. The van der Waals surface area contributed by atoms with Crippen molar-refractivity contribution in [1.29, 1.82) is 0 Å². The summed E-state index contributed by atoms with van der Waals surface area (Å²) in [6.45, 7) is 0.660. The summed E-state index contributed by atoms with van der Waals surface area (Å²) in [6, 6.07) is 9.28. The normalized spacial score (nSPS) is 16.2. The molecule has 0 N–H and O–H groups in total. The molecule has 3 rings (SSSR count). The smallest absolute Gasteiger partial charge is 0.314 e. The van der Waals surface area contributed by atoms with Gasteiger partial charge in [-0.3, -0.25) is 9.59 Å². The number of thioether (sulfide) groups is 1. The molecule has 1 atom stereocenters. The molecule has 2 aromatic rings. The lowest BCUT2D eigenvalue weighted by atomic mass is 10.1. The Morgan fingerprint density at radius 2 is 2.00 bits per heavy atom. The molecule has 0 fully saturated rings. The van der Waals surface area contributed by atoms with Gasteiger partial charge in [-0.1, -0.05) is 15.9 Å². The molecule has 0 spiro atoms. The third-order valence-corrected chi connectivity index (χ3v) is 5.40. The van der Waals surface area contributed by atoms with Crippen molar-refractivity contribution in [2.75, 3.05) is 13.4 Å². The first kappa shape index (κ1) is 16.3. The predicted octanol–water partition coefficient (Wildman–Crippen LogP) is 3.86. The van der Waals surface area contributed by atoms with Crippen molar-refractivity contribution < 1.29 is 14.3 Å². The summed E-state index contributed by atoms with van der Waals surface area (Å²) >= 11 is 4.91. The number of hydrogen-bond acceptors (Lipinski definition) is 4. The molecule has 0 radical (unpaired) electrons. The number of carbonyl (C=O) groups is 2. The number of benzene rings is 1. The van der Waals surface area contributed by atoms with Gasteiger partial charge in [0, 0.05) is 27.2 Å². The minimum Gasteiger partial charge on any atom is -0.469 e. The van der Waals surface area contributed by atoms with Gasteiger partial charge in [-0.2, -0.15) is 0 Å². The second kappa shape index (κ2) is 6.53. The Labute approximate surface area is 147 Å². The Bertz CT molecular complexity index is 767. The highest BCUT2D eigenvalue weighted by atomic mass is 79.9. The van der Waals surface area contributed by atoms with Crippen molar-refractivity contribution >= 4 is 39.4 Å². The van der Waals surface area contributed by atoms with Gasteiger partial charge in [0.25, 0.3) is 0 Å². The lowest BCUT2D eigenvalue weighted by Crippen LogP contribution is -2.12. The van der Waals surface area contributed by atoms with Crippen LogP contribution in [0.4, 0.5) is 0 Å². The van der Waals surface area contributed by atoms with Gasteiger partial charge in [-0.05, 0) is 43.0 Å². The van der Waals surface area contributed by atoms with Crippen LogP contribution >= 0.6 is 27.7 Å². The number of nitrogens with zero attached hydrogens (tertiary/aromatic N) is 1. The number of ether oxygens (including phenoxy) is 1. The van der Waals surface area contributed by atoms with Crippen LogP contribution in [0.5, 0.6) is 0 Å². The van der Waals surface area contributed by atoms with E-state index in [0.717, 1.165) is 15.1 Å². The second-order valence-corrected chi connectivity index (χ2v) is 7.10. The van der Waals surface area contributed by atoms with E-state index in [0.29, 0.717) is 24.2 Å². The zero-order valence-corrected chi connectivity index (χ0v) is 15.2. The van der Waals surface area contributed by atoms with E-state index in [4.69, 9.17) is 4.74 Å². The molecule has 0 amide bonds. The maximum atomic E-state index is 12.9. The Kier molecular flexibility index (Phi) is 4.64. The number of hydrogen-bond donors (Lipinski definition) is 0. The largest absolute Gasteiger partial charge is 0.469 e. The van der Waals surface area contributed by atoms with E-state index in [1.807, 2.05) is 41.2 Å². The number of rotatable bonds is 4. The quantitative estimate of drug-likeness (QED) is 0.449. The van der Waals surface area contributed by atoms with Gasteiger partial charge in [0.15, 0.2) is 0 Å². The van der Waals surface area contributed by atoms with Crippen LogP contribution in [0.15, 0.2) is 39.7 Å². The van der Waals surface area contributed by atoms with Crippen molar-refractivity contribution in [3.05, 3.63) is 51.8 Å². The molecule has 0 aliphatic carbocycles. The maximum Gasteiger partial charge on any atom is 0.314 e. The fourth-order valence-corrected chi connectivity index (χ4v) is 3.89. The summed E-state index contributed by atoms with van der Waals surface area (Å²) in [4.78, 5) is 25.8. The summed E-state index contributed by atoms with van der Waals surface area (Å²) in [7, 11) is 1.40. The van der Waals surface area contributed by atoms with Crippen LogP contribution in [0.3, 0.4) is 0 Å². The maximum absolute atomic E-state index is 12.9. The highest BCUT2D eigenvalue weighted by molar-refractivity contribution is 9.10. The van der Waals surface area contributed by atoms with Gasteiger partial charge in [0.05, 0.1) is 13.0 Å². The number of fused-ring (bicyclic) bond motifs is 1. The molecule has 1 unspecified atom stereocenters. The van der Waals surface area contributed by atoms with Gasteiger partial charge in [-0.25, -0.2) is 0 Å². The number of aromatic nitrogens is 1. The number of methoxy groups -OCH3 is 1. The fraction of sp³-hybridized carbons (Fsp3) is 0.294. The monoisotopic (exact) mass is 393 g/mol. The van der Waals surface area contributed by atoms with E-state index in [-0.39, 0.29) is 17.7 Å². The van der Waals surface area contributed by atoms with Crippen molar-refractivity contribution in [1.82, 2.24) is 4.57 Å². The first-order chi connectivity index (χ1) is 11.1. The predicted molar refractivity (Wildman–Crippen MR) is 93.2 cm³/mol. The average Bonchev–Trinajstić information content (AvgIpc) is 3.12. The van der Waals surface area contributed by atoms with Crippen LogP contribution in [-0.2, 0) is 16.1 Å². The van der Waals surface area contributed by atoms with E-state index in [2.05, 4.69) is 15.9 Å². The Morgan fingerprint density at radius 1 is 1.30 bits per heavy atom. The minimum absolute atomic E-state index is 0.0152. The van der Waals surface area contributed by atoms with Crippen LogP contribution < -0.4 is 0 Å². The number of carbonyl (C=O) groups excluding carboxylic acids is 2. The summed E-state index contributed by atoms with van der Waals surface area (Å²) in [5, 5.41) is 0. The first-order valence-electron chi connectivity index (χ1n) is 7.22. The molecule has 4 nitrogen and oxygen atoms in total. The highest BCUT2D eigenvalue weighted by Gasteiger charge is 2.34. The van der Waals surface area contributed by atoms with Gasteiger partial charge in [0.1, 0.15) is 5.69 Å². The molecular formula is C17H16BrNO3S. The van der Waals surface area contributed by atoms with E-state index in [9.17, 15) is 9.59 Å². The minimum atomic E-state index is -0.280. The standard InChI is InChI=1S/C17H16BrNO3S/c1-22-17(21)12-7-8-19-13(12)9-14(23-2)15(19)16(20)10-3-5-11(18)6-4-10/h3-6,9,12H,7-8H2,1-2H3. The molecule has 2 heterocycles. The molecule has 6 heteroatoms. The highest BCUT2D eigenvalue weighted by Crippen LogP contribution is 2.37. The number of halogens is 1. The van der Waals surface area contributed by atoms with Gasteiger partial charge in [0.2, 0.25) is 5.78 Å². The number of ketones is 1. The zero-order chi connectivity index (χ0) is 16.6. The molecule has 1 aliphatic rings. The van der Waals surface area contributed by atoms with Crippen molar-refractivity contribution in [2.24, 2.45) is 0 Å². The van der Waals surface area contributed by atoms with Gasteiger partial charge >= 0.3 is 5.97 Å². The summed E-state index contributed by atoms with van der Waals surface area (Å²) in [6.07, 6.45) is 2.62. The Morgan fingerprint density at radius 3 is 2.61 bits per heavy atom. The number of esters is 1. The molecule has 120 valence electrons. The first-order valence-corrected chi connectivity index (χ1v) is 9.24. The molecule has 0 saturated heterocycles. The van der Waals surface area contributed by atoms with E-state index >= 15 is 0 Å². The third-order valence-electron chi connectivity index (χ3n) is 4.12. The molecule has 1 aromatic heterocycles. The van der Waals surface area contributed by atoms with E-state index < -0.39 is 0 Å².